The Morgan fingerprint density at radius 1 is 1.05 bits per heavy atom. The molecule has 1 saturated heterocycles. The van der Waals surface area contributed by atoms with E-state index in [4.69, 9.17) is 0 Å². The van der Waals surface area contributed by atoms with Gasteiger partial charge in [-0.05, 0) is 18.2 Å². The fourth-order valence-electron chi connectivity index (χ4n) is 2.15. The number of rotatable bonds is 2. The van der Waals surface area contributed by atoms with Gasteiger partial charge in [0.25, 0.3) is 0 Å². The molecule has 1 fully saturated rings. The van der Waals surface area contributed by atoms with Crippen molar-refractivity contribution >= 4 is 21.9 Å². The first-order valence-electron chi connectivity index (χ1n) is 6.37. The lowest BCUT2D eigenvalue weighted by atomic mass is 10.1. The van der Waals surface area contributed by atoms with Crippen molar-refractivity contribution in [2.24, 2.45) is 0 Å². The average Bonchev–Trinajstić information content (AvgIpc) is 2.49. The van der Waals surface area contributed by atoms with E-state index in [0.717, 1.165) is 47.9 Å². The number of piperazine rings is 1. The molecule has 1 aromatic carbocycles. The van der Waals surface area contributed by atoms with Crippen molar-refractivity contribution in [3.8, 4) is 11.3 Å². The van der Waals surface area contributed by atoms with Crippen molar-refractivity contribution in [3.05, 3.63) is 41.0 Å². The van der Waals surface area contributed by atoms with Gasteiger partial charge in [0, 0.05) is 42.4 Å². The molecule has 5 heteroatoms. The lowest BCUT2D eigenvalue weighted by Gasteiger charge is -2.27. The van der Waals surface area contributed by atoms with E-state index in [0.29, 0.717) is 0 Å². The van der Waals surface area contributed by atoms with Crippen LogP contribution in [0.3, 0.4) is 0 Å². The Bertz CT molecular complexity index is 550. The van der Waals surface area contributed by atoms with Crippen molar-refractivity contribution in [1.29, 1.82) is 0 Å². The number of benzene rings is 1. The zero-order valence-corrected chi connectivity index (χ0v) is 12.1. The van der Waals surface area contributed by atoms with E-state index in [9.17, 15) is 0 Å². The van der Waals surface area contributed by atoms with Crippen LogP contribution in [0.25, 0.3) is 11.3 Å². The first-order chi connectivity index (χ1) is 9.33. The quantitative estimate of drug-likeness (QED) is 0.922. The molecule has 0 aliphatic carbocycles. The van der Waals surface area contributed by atoms with E-state index in [-0.39, 0.29) is 0 Å². The Hall–Kier alpha value is -1.46. The molecule has 0 unspecified atom stereocenters. The summed E-state index contributed by atoms with van der Waals surface area (Å²) in [6, 6.07) is 10.1. The Kier molecular flexibility index (Phi) is 3.75. The van der Waals surface area contributed by atoms with Gasteiger partial charge in [0.05, 0.1) is 5.69 Å². The summed E-state index contributed by atoms with van der Waals surface area (Å²) in [6.45, 7) is 3.91. The maximum atomic E-state index is 4.67. The van der Waals surface area contributed by atoms with Gasteiger partial charge < -0.3 is 10.2 Å². The number of hydrogen-bond donors (Lipinski definition) is 1. The molecule has 0 saturated carbocycles. The molecule has 19 heavy (non-hydrogen) atoms. The first kappa shape index (κ1) is 12.6. The first-order valence-corrected chi connectivity index (χ1v) is 7.17. The van der Waals surface area contributed by atoms with Crippen LogP contribution in [0, 0.1) is 0 Å². The smallest absolute Gasteiger partial charge is 0.225 e. The summed E-state index contributed by atoms with van der Waals surface area (Å²) in [5.74, 6) is 0.821. The van der Waals surface area contributed by atoms with Crippen LogP contribution >= 0.6 is 15.9 Å². The van der Waals surface area contributed by atoms with Gasteiger partial charge >= 0.3 is 0 Å². The maximum Gasteiger partial charge on any atom is 0.225 e. The molecular formula is C14H15BrN4. The molecule has 2 heterocycles. The van der Waals surface area contributed by atoms with Gasteiger partial charge in [0.1, 0.15) is 0 Å². The summed E-state index contributed by atoms with van der Waals surface area (Å²) in [6.07, 6.45) is 1.84. The fourth-order valence-corrected chi connectivity index (χ4v) is 2.41. The molecule has 98 valence electrons. The molecule has 1 N–H and O–H groups in total. The van der Waals surface area contributed by atoms with Gasteiger partial charge in [0.15, 0.2) is 0 Å². The van der Waals surface area contributed by atoms with Crippen LogP contribution in [0.15, 0.2) is 41.0 Å². The number of hydrogen-bond acceptors (Lipinski definition) is 4. The van der Waals surface area contributed by atoms with Crippen LogP contribution in [0.2, 0.25) is 0 Å². The summed E-state index contributed by atoms with van der Waals surface area (Å²) >= 11 is 3.45. The van der Waals surface area contributed by atoms with Crippen molar-refractivity contribution < 1.29 is 0 Å². The second-order valence-corrected chi connectivity index (χ2v) is 5.40. The normalized spacial score (nSPS) is 15.5. The van der Waals surface area contributed by atoms with Crippen LogP contribution in [-0.4, -0.2) is 36.1 Å². The van der Waals surface area contributed by atoms with E-state index in [1.165, 1.54) is 0 Å². The molecule has 3 rings (SSSR count). The summed E-state index contributed by atoms with van der Waals surface area (Å²) in [5, 5.41) is 3.33. The lowest BCUT2D eigenvalue weighted by molar-refractivity contribution is 0.580. The van der Waals surface area contributed by atoms with Gasteiger partial charge in [-0.3, -0.25) is 0 Å². The van der Waals surface area contributed by atoms with Crippen molar-refractivity contribution in [2.75, 3.05) is 31.1 Å². The van der Waals surface area contributed by atoms with E-state index >= 15 is 0 Å². The highest BCUT2D eigenvalue weighted by Gasteiger charge is 2.13. The predicted octanol–water partition coefficient (Wildman–Crippen LogP) is 2.32. The molecular weight excluding hydrogens is 304 g/mol. The highest BCUT2D eigenvalue weighted by molar-refractivity contribution is 9.10. The second-order valence-electron chi connectivity index (χ2n) is 4.49. The molecule has 2 aromatic rings. The molecule has 0 spiro atoms. The van der Waals surface area contributed by atoms with Crippen molar-refractivity contribution in [1.82, 2.24) is 15.3 Å². The Labute approximate surface area is 121 Å². The fraction of sp³-hybridized carbons (Fsp3) is 0.286. The van der Waals surface area contributed by atoms with Gasteiger partial charge in [0.2, 0.25) is 5.95 Å². The third-order valence-corrected chi connectivity index (χ3v) is 3.71. The van der Waals surface area contributed by atoms with E-state index < -0.39 is 0 Å². The minimum atomic E-state index is 0.821. The van der Waals surface area contributed by atoms with Gasteiger partial charge in [-0.1, -0.05) is 28.1 Å². The van der Waals surface area contributed by atoms with Crippen LogP contribution in [-0.2, 0) is 0 Å². The summed E-state index contributed by atoms with van der Waals surface area (Å²) in [7, 11) is 0. The predicted molar refractivity (Wildman–Crippen MR) is 80.3 cm³/mol. The summed E-state index contributed by atoms with van der Waals surface area (Å²) in [5.41, 5.74) is 2.08. The molecule has 0 bridgehead atoms. The van der Waals surface area contributed by atoms with Gasteiger partial charge in [-0.25, -0.2) is 9.97 Å². The topological polar surface area (TPSA) is 41.1 Å². The highest BCUT2D eigenvalue weighted by atomic mass is 79.9. The van der Waals surface area contributed by atoms with Crippen LogP contribution in [0.5, 0.6) is 0 Å². The molecule has 1 aromatic heterocycles. The molecule has 0 amide bonds. The van der Waals surface area contributed by atoms with Gasteiger partial charge in [-0.2, -0.15) is 0 Å². The third kappa shape index (κ3) is 2.93. The zero-order valence-electron chi connectivity index (χ0n) is 10.5. The summed E-state index contributed by atoms with van der Waals surface area (Å²) in [4.78, 5) is 11.3. The third-order valence-electron chi connectivity index (χ3n) is 3.18. The van der Waals surface area contributed by atoms with Crippen LogP contribution < -0.4 is 10.2 Å². The molecule has 1 aliphatic heterocycles. The number of nitrogens with one attached hydrogen (secondary N) is 1. The number of anilines is 1. The van der Waals surface area contributed by atoms with Crippen LogP contribution in [0.4, 0.5) is 5.95 Å². The molecule has 0 radical (unpaired) electrons. The van der Waals surface area contributed by atoms with E-state index in [1.807, 2.05) is 24.4 Å². The largest absolute Gasteiger partial charge is 0.338 e. The highest BCUT2D eigenvalue weighted by Crippen LogP contribution is 2.21. The minimum Gasteiger partial charge on any atom is -0.338 e. The van der Waals surface area contributed by atoms with Crippen LogP contribution in [0.1, 0.15) is 0 Å². The summed E-state index contributed by atoms with van der Waals surface area (Å²) < 4.78 is 1.08. The molecule has 0 atom stereocenters. The van der Waals surface area contributed by atoms with Crippen molar-refractivity contribution in [2.45, 2.75) is 0 Å². The number of nitrogens with zero attached hydrogens (tertiary/aromatic N) is 3. The monoisotopic (exact) mass is 318 g/mol. The average molecular weight is 319 g/mol. The standard InChI is InChI=1S/C14H15BrN4/c15-12-3-1-11(2-4-12)13-5-6-17-14(18-13)19-9-7-16-8-10-19/h1-6,16H,7-10H2. The van der Waals surface area contributed by atoms with E-state index in [1.54, 1.807) is 0 Å². The Morgan fingerprint density at radius 2 is 1.79 bits per heavy atom. The zero-order chi connectivity index (χ0) is 13.1. The second kappa shape index (κ2) is 5.67. The molecule has 4 nitrogen and oxygen atoms in total. The Morgan fingerprint density at radius 3 is 2.53 bits per heavy atom. The van der Waals surface area contributed by atoms with E-state index in [2.05, 4.69) is 48.2 Å². The SMILES string of the molecule is Brc1ccc(-c2ccnc(N3CCNCC3)n2)cc1. The maximum absolute atomic E-state index is 4.67. The lowest BCUT2D eigenvalue weighted by Crippen LogP contribution is -2.44. The van der Waals surface area contributed by atoms with Crippen molar-refractivity contribution in [3.63, 3.8) is 0 Å². The minimum absolute atomic E-state index is 0.821. The number of aromatic nitrogens is 2. The Balaban J connectivity index is 1.88. The molecule has 1 aliphatic rings. The van der Waals surface area contributed by atoms with Gasteiger partial charge in [-0.15, -0.1) is 0 Å². The number of halogens is 1.